The molecule has 2 aromatic heterocycles. The Labute approximate surface area is 202 Å². The van der Waals surface area contributed by atoms with Crippen LogP contribution in [0.15, 0.2) is 77.4 Å². The van der Waals surface area contributed by atoms with Crippen molar-refractivity contribution < 1.29 is 18.4 Å². The summed E-state index contributed by atoms with van der Waals surface area (Å²) < 4.78 is 20.6. The smallest absolute Gasteiger partial charge is 0.277 e. The highest BCUT2D eigenvalue weighted by Gasteiger charge is 2.49. The number of benzene rings is 2. The largest absolute Gasteiger partial charge is 0.463 e. The summed E-state index contributed by atoms with van der Waals surface area (Å²) in [6, 6.07) is 18.9. The van der Waals surface area contributed by atoms with Crippen molar-refractivity contribution in [3.8, 4) is 11.5 Å². The van der Waals surface area contributed by atoms with Crippen LogP contribution in [0.25, 0.3) is 11.5 Å². The lowest BCUT2D eigenvalue weighted by Crippen LogP contribution is -2.64. The molecule has 178 valence electrons. The number of furan rings is 1. The van der Waals surface area contributed by atoms with Crippen LogP contribution >= 0.6 is 0 Å². The van der Waals surface area contributed by atoms with E-state index in [0.717, 1.165) is 12.0 Å². The van der Waals surface area contributed by atoms with E-state index >= 15 is 0 Å². The molecule has 1 atom stereocenters. The molecule has 0 saturated carbocycles. The third kappa shape index (κ3) is 4.12. The van der Waals surface area contributed by atoms with Gasteiger partial charge in [0, 0.05) is 18.3 Å². The zero-order valence-corrected chi connectivity index (χ0v) is 19.5. The lowest BCUT2D eigenvalue weighted by Gasteiger charge is -2.43. The van der Waals surface area contributed by atoms with Crippen molar-refractivity contribution in [1.82, 2.24) is 15.1 Å². The van der Waals surface area contributed by atoms with Crippen molar-refractivity contribution in [2.45, 2.75) is 38.9 Å². The highest BCUT2D eigenvalue weighted by atomic mass is 19.1. The molecule has 4 aromatic rings. The van der Waals surface area contributed by atoms with E-state index in [9.17, 15) is 14.0 Å². The summed E-state index contributed by atoms with van der Waals surface area (Å²) in [5.74, 6) is -0.541. The molecule has 1 aliphatic rings. The van der Waals surface area contributed by atoms with Crippen LogP contribution in [0.4, 0.5) is 10.1 Å². The Morgan fingerprint density at radius 1 is 1.11 bits per heavy atom. The van der Waals surface area contributed by atoms with Crippen molar-refractivity contribution in [3.63, 3.8) is 0 Å². The van der Waals surface area contributed by atoms with Gasteiger partial charge in [0.1, 0.15) is 22.7 Å². The minimum atomic E-state index is -1.28. The number of anilines is 1. The summed E-state index contributed by atoms with van der Waals surface area (Å²) in [4.78, 5) is 28.9. The molecule has 35 heavy (non-hydrogen) atoms. The van der Waals surface area contributed by atoms with E-state index in [1.54, 1.807) is 48.2 Å². The molecule has 0 saturated heterocycles. The van der Waals surface area contributed by atoms with Crippen LogP contribution in [0.3, 0.4) is 0 Å². The van der Waals surface area contributed by atoms with Crippen molar-refractivity contribution in [3.05, 3.63) is 95.6 Å². The summed E-state index contributed by atoms with van der Waals surface area (Å²) in [5.41, 5.74) is 1.97. The summed E-state index contributed by atoms with van der Waals surface area (Å²) in [6.45, 7) is 4.04. The van der Waals surface area contributed by atoms with Crippen LogP contribution in [-0.2, 0) is 24.3 Å². The van der Waals surface area contributed by atoms with Crippen molar-refractivity contribution in [2.75, 3.05) is 4.90 Å². The maximum atomic E-state index is 13.8. The van der Waals surface area contributed by atoms with E-state index in [4.69, 9.17) is 4.42 Å². The molecular weight excluding hydrogens is 447 g/mol. The molecule has 0 fully saturated rings. The fourth-order valence-corrected chi connectivity index (χ4v) is 4.43. The predicted molar refractivity (Wildman–Crippen MR) is 129 cm³/mol. The van der Waals surface area contributed by atoms with Gasteiger partial charge in [0.2, 0.25) is 5.91 Å². The molecule has 1 N–H and O–H groups in total. The number of nitrogens with one attached hydrogen (secondary N) is 1. The first kappa shape index (κ1) is 22.6. The van der Waals surface area contributed by atoms with E-state index in [0.29, 0.717) is 28.4 Å². The van der Waals surface area contributed by atoms with Gasteiger partial charge in [-0.25, -0.2) is 4.39 Å². The van der Waals surface area contributed by atoms with Crippen LogP contribution < -0.4 is 10.2 Å². The second-order valence-electron chi connectivity index (χ2n) is 8.80. The molecule has 2 amide bonds. The maximum Gasteiger partial charge on any atom is 0.277 e. The number of aryl methyl sites for hydroxylation is 1. The molecular formula is C27H25FN4O3. The molecule has 2 aromatic carbocycles. The Balaban J connectivity index is 1.53. The van der Waals surface area contributed by atoms with Crippen LogP contribution in [0.5, 0.6) is 0 Å². The van der Waals surface area contributed by atoms with Gasteiger partial charge in [0.25, 0.3) is 5.91 Å². The van der Waals surface area contributed by atoms with Crippen molar-refractivity contribution in [1.29, 1.82) is 0 Å². The third-order valence-corrected chi connectivity index (χ3v) is 6.36. The van der Waals surface area contributed by atoms with E-state index < -0.39 is 5.54 Å². The van der Waals surface area contributed by atoms with Crippen LogP contribution in [-0.4, -0.2) is 27.1 Å². The Morgan fingerprint density at radius 2 is 1.91 bits per heavy atom. The van der Waals surface area contributed by atoms with E-state index in [2.05, 4.69) is 17.3 Å². The predicted octanol–water partition coefficient (Wildman–Crippen LogP) is 4.58. The number of carbonyl (C=O) groups is 2. The summed E-state index contributed by atoms with van der Waals surface area (Å²) >= 11 is 0. The zero-order chi connectivity index (χ0) is 24.6. The molecule has 0 bridgehead atoms. The first-order valence-corrected chi connectivity index (χ1v) is 11.5. The normalized spacial score (nSPS) is 17.3. The number of nitrogens with zero attached hydrogens (tertiary/aromatic N) is 3. The first-order chi connectivity index (χ1) is 16.9. The lowest BCUT2D eigenvalue weighted by atomic mass is 9.93. The minimum Gasteiger partial charge on any atom is -0.463 e. The molecule has 1 unspecified atom stereocenters. The van der Waals surface area contributed by atoms with Gasteiger partial charge in [-0.05, 0) is 60.9 Å². The third-order valence-electron chi connectivity index (χ3n) is 6.36. The molecule has 0 radical (unpaired) electrons. The van der Waals surface area contributed by atoms with E-state index in [1.165, 1.54) is 17.0 Å². The Hall–Kier alpha value is -4.20. The van der Waals surface area contributed by atoms with Gasteiger partial charge < -0.3 is 9.73 Å². The van der Waals surface area contributed by atoms with Crippen LogP contribution in [0, 0.1) is 5.82 Å². The number of aromatic nitrogens is 2. The Morgan fingerprint density at radius 3 is 2.60 bits per heavy atom. The minimum absolute atomic E-state index is 0.132. The number of rotatable bonds is 6. The number of halogens is 1. The second-order valence-corrected chi connectivity index (χ2v) is 8.80. The zero-order valence-electron chi connectivity index (χ0n) is 19.5. The summed E-state index contributed by atoms with van der Waals surface area (Å²) in [7, 11) is 0. The van der Waals surface area contributed by atoms with E-state index in [-0.39, 0.29) is 30.7 Å². The molecule has 5 rings (SSSR count). The quantitative estimate of drug-likeness (QED) is 0.446. The SMILES string of the molecule is CCc1ccc(N2C(=O)c3cc(-c4ccco4)nn3CC2(C)C(=O)NCc2cccc(F)c2)cc1. The summed E-state index contributed by atoms with van der Waals surface area (Å²) in [6.07, 6.45) is 2.40. The van der Waals surface area contributed by atoms with Gasteiger partial charge in [0.05, 0.1) is 12.8 Å². The van der Waals surface area contributed by atoms with Gasteiger partial charge in [-0.2, -0.15) is 5.10 Å². The van der Waals surface area contributed by atoms with Crippen molar-refractivity contribution in [2.24, 2.45) is 0 Å². The fraction of sp³-hybridized carbons (Fsp3) is 0.222. The number of hydrogen-bond acceptors (Lipinski definition) is 4. The molecule has 7 nitrogen and oxygen atoms in total. The Bertz CT molecular complexity index is 1380. The van der Waals surface area contributed by atoms with Gasteiger partial charge in [0.15, 0.2) is 5.76 Å². The van der Waals surface area contributed by atoms with Gasteiger partial charge in [-0.1, -0.05) is 31.2 Å². The van der Waals surface area contributed by atoms with Crippen LogP contribution in [0.2, 0.25) is 0 Å². The van der Waals surface area contributed by atoms with Crippen LogP contribution in [0.1, 0.15) is 35.5 Å². The molecule has 8 heteroatoms. The second kappa shape index (κ2) is 8.87. The first-order valence-electron chi connectivity index (χ1n) is 11.5. The van der Waals surface area contributed by atoms with Gasteiger partial charge in [-0.3, -0.25) is 19.2 Å². The standard InChI is InChI=1S/C27H25FN4O3/c1-3-18-9-11-21(12-10-18)32-25(33)23-15-22(24-8-5-13-35-24)30-31(23)17-27(32,2)26(34)29-16-19-6-4-7-20(28)14-19/h4-15H,3,16-17H2,1-2H3,(H,29,34). The molecule has 0 spiro atoms. The monoisotopic (exact) mass is 472 g/mol. The number of amides is 2. The van der Waals surface area contributed by atoms with Gasteiger partial charge in [-0.15, -0.1) is 0 Å². The topological polar surface area (TPSA) is 80.4 Å². The molecule has 3 heterocycles. The average molecular weight is 473 g/mol. The number of carbonyl (C=O) groups excluding carboxylic acids is 2. The number of fused-ring (bicyclic) bond motifs is 1. The molecule has 1 aliphatic heterocycles. The average Bonchev–Trinajstić information content (AvgIpc) is 3.53. The number of hydrogen-bond donors (Lipinski definition) is 1. The molecule has 0 aliphatic carbocycles. The summed E-state index contributed by atoms with van der Waals surface area (Å²) in [5, 5.41) is 7.44. The Kier molecular flexibility index (Phi) is 5.72. The maximum absolute atomic E-state index is 13.8. The van der Waals surface area contributed by atoms with Crippen molar-refractivity contribution >= 4 is 17.5 Å². The van der Waals surface area contributed by atoms with Gasteiger partial charge >= 0.3 is 0 Å². The van der Waals surface area contributed by atoms with E-state index in [1.807, 2.05) is 24.3 Å². The fourth-order valence-electron chi connectivity index (χ4n) is 4.43. The highest BCUT2D eigenvalue weighted by molar-refractivity contribution is 6.12. The lowest BCUT2D eigenvalue weighted by molar-refractivity contribution is -0.126. The highest BCUT2D eigenvalue weighted by Crippen LogP contribution is 2.34.